The van der Waals surface area contributed by atoms with Gasteiger partial charge in [0.05, 0.1) is 23.1 Å². The number of benzene rings is 2. The van der Waals surface area contributed by atoms with E-state index in [0.717, 1.165) is 62.4 Å². The van der Waals surface area contributed by atoms with Gasteiger partial charge >= 0.3 is 0 Å². The molecule has 2 fully saturated rings. The molecule has 2 aromatic heterocycles. The van der Waals surface area contributed by atoms with Crippen LogP contribution in [0.4, 0.5) is 10.2 Å². The Morgan fingerprint density at radius 2 is 1.64 bits per heavy atom. The molecule has 0 spiro atoms. The number of halogens is 1. The molecule has 4 aromatic rings. The Morgan fingerprint density at radius 1 is 0.897 bits per heavy atom. The first kappa shape index (κ1) is 25.2. The number of nitrogen functional groups attached to an aromatic ring is 1. The van der Waals surface area contributed by atoms with Crippen LogP contribution in [0.25, 0.3) is 5.69 Å². The lowest BCUT2D eigenvalue weighted by molar-refractivity contribution is 0.0788. The summed E-state index contributed by atoms with van der Waals surface area (Å²) in [4.78, 5) is 22.5. The Labute approximate surface area is 228 Å². The molecule has 0 unspecified atom stereocenters. The molecule has 1 amide bonds. The van der Waals surface area contributed by atoms with Crippen molar-refractivity contribution in [2.75, 3.05) is 31.9 Å². The number of anilines is 1. The summed E-state index contributed by atoms with van der Waals surface area (Å²) in [6.07, 6.45) is 6.31. The maximum atomic E-state index is 13.9. The second-order valence-electron chi connectivity index (χ2n) is 10.6. The first-order chi connectivity index (χ1) is 19.0. The van der Waals surface area contributed by atoms with Crippen LogP contribution in [-0.2, 0) is 6.54 Å². The molecule has 1 atom stereocenters. The van der Waals surface area contributed by atoms with E-state index in [1.54, 1.807) is 18.3 Å². The molecule has 2 aliphatic rings. The summed E-state index contributed by atoms with van der Waals surface area (Å²) in [5.41, 5.74) is 10.5. The number of carbonyl (C=O) groups excluding carboxylic acids is 1. The zero-order valence-electron chi connectivity index (χ0n) is 21.9. The van der Waals surface area contributed by atoms with Crippen LogP contribution in [0.1, 0.15) is 58.3 Å². The molecule has 2 aromatic carbocycles. The molecule has 0 aliphatic carbocycles. The molecule has 0 saturated carbocycles. The van der Waals surface area contributed by atoms with Crippen LogP contribution >= 0.6 is 0 Å². The van der Waals surface area contributed by atoms with Crippen molar-refractivity contribution in [1.29, 1.82) is 0 Å². The number of likely N-dealkylation sites (tertiary alicyclic amines) is 2. The van der Waals surface area contributed by atoms with Crippen molar-refractivity contribution in [2.45, 2.75) is 37.6 Å². The van der Waals surface area contributed by atoms with Gasteiger partial charge in [-0.3, -0.25) is 9.69 Å². The third kappa shape index (κ3) is 5.43. The molecular weight excluding hydrogens is 491 g/mol. The maximum Gasteiger partial charge on any atom is 0.257 e. The Morgan fingerprint density at radius 3 is 2.36 bits per heavy atom. The second-order valence-corrected chi connectivity index (χ2v) is 10.6. The summed E-state index contributed by atoms with van der Waals surface area (Å²) in [5.74, 6) is 0.781. The number of aromatic nitrogens is 3. The Kier molecular flexibility index (Phi) is 7.11. The van der Waals surface area contributed by atoms with Gasteiger partial charge in [0, 0.05) is 37.7 Å². The average Bonchev–Trinajstić information content (AvgIpc) is 3.64. The van der Waals surface area contributed by atoms with Crippen molar-refractivity contribution in [3.63, 3.8) is 0 Å². The lowest BCUT2D eigenvalue weighted by Crippen LogP contribution is -2.34. The first-order valence-electron chi connectivity index (χ1n) is 13.7. The first-order valence-corrected chi connectivity index (χ1v) is 13.7. The van der Waals surface area contributed by atoms with Crippen LogP contribution in [-0.4, -0.2) is 56.7 Å². The van der Waals surface area contributed by atoms with E-state index in [0.29, 0.717) is 23.8 Å². The number of nitrogens with two attached hydrogens (primary N) is 1. The van der Waals surface area contributed by atoms with Gasteiger partial charge in [-0.2, -0.15) is 5.10 Å². The van der Waals surface area contributed by atoms with E-state index in [1.807, 2.05) is 34.0 Å². The van der Waals surface area contributed by atoms with Crippen LogP contribution in [0.2, 0.25) is 0 Å². The molecule has 39 heavy (non-hydrogen) atoms. The standard InChI is InChI=1S/C31H33FN6O/c32-26-7-9-27(10-8-26)38-30(24-12-15-36(16-13-24)20-22-6-11-29(33)34-18-22)28(19-35-38)31(39)37-17-14-25(21-37)23-4-2-1-3-5-23/h1-11,18-19,24-25H,12-17,20-21H2,(H2,33,34)/t25-/m0/s1. The molecule has 200 valence electrons. The fourth-order valence-corrected chi connectivity index (χ4v) is 5.97. The molecule has 8 heteroatoms. The third-order valence-electron chi connectivity index (χ3n) is 8.08. The summed E-state index contributed by atoms with van der Waals surface area (Å²) in [6.45, 7) is 4.05. The van der Waals surface area contributed by atoms with Crippen LogP contribution < -0.4 is 5.73 Å². The zero-order chi connectivity index (χ0) is 26.8. The van der Waals surface area contributed by atoms with Gasteiger partial charge < -0.3 is 10.6 Å². The van der Waals surface area contributed by atoms with Crippen LogP contribution in [0.15, 0.2) is 79.1 Å². The number of hydrogen-bond donors (Lipinski definition) is 1. The normalized spacial score (nSPS) is 18.5. The van der Waals surface area contributed by atoms with Gasteiger partial charge in [0.25, 0.3) is 5.91 Å². The highest BCUT2D eigenvalue weighted by molar-refractivity contribution is 5.95. The largest absolute Gasteiger partial charge is 0.384 e. The zero-order valence-corrected chi connectivity index (χ0v) is 21.9. The Balaban J connectivity index is 1.23. The minimum Gasteiger partial charge on any atom is -0.384 e. The maximum absolute atomic E-state index is 13.9. The molecule has 0 radical (unpaired) electrons. The van der Waals surface area contributed by atoms with Crippen LogP contribution in [0.5, 0.6) is 0 Å². The molecule has 4 heterocycles. The number of pyridine rings is 1. The fraction of sp³-hybridized carbons (Fsp3) is 0.323. The quantitative estimate of drug-likeness (QED) is 0.384. The van der Waals surface area contributed by atoms with Gasteiger partial charge in [0.2, 0.25) is 0 Å². The van der Waals surface area contributed by atoms with E-state index in [4.69, 9.17) is 5.73 Å². The van der Waals surface area contributed by atoms with E-state index < -0.39 is 0 Å². The lowest BCUT2D eigenvalue weighted by atomic mass is 9.90. The van der Waals surface area contributed by atoms with Gasteiger partial charge in [-0.25, -0.2) is 14.1 Å². The molecule has 2 saturated heterocycles. The van der Waals surface area contributed by atoms with Crippen LogP contribution in [0, 0.1) is 5.82 Å². The van der Waals surface area contributed by atoms with Crippen molar-refractivity contribution in [2.24, 2.45) is 0 Å². The highest BCUT2D eigenvalue weighted by Crippen LogP contribution is 2.35. The summed E-state index contributed by atoms with van der Waals surface area (Å²) < 4.78 is 15.6. The predicted molar refractivity (Wildman–Crippen MR) is 149 cm³/mol. The van der Waals surface area contributed by atoms with Crippen LogP contribution in [0.3, 0.4) is 0 Å². The van der Waals surface area contributed by atoms with E-state index in [9.17, 15) is 9.18 Å². The van der Waals surface area contributed by atoms with Gasteiger partial charge in [-0.15, -0.1) is 0 Å². The number of amides is 1. The lowest BCUT2D eigenvalue weighted by Gasteiger charge is -2.33. The fourth-order valence-electron chi connectivity index (χ4n) is 5.97. The molecule has 0 bridgehead atoms. The predicted octanol–water partition coefficient (Wildman–Crippen LogP) is 5.00. The van der Waals surface area contributed by atoms with Crippen molar-refractivity contribution < 1.29 is 9.18 Å². The average molecular weight is 525 g/mol. The number of hydrogen-bond acceptors (Lipinski definition) is 5. The smallest absolute Gasteiger partial charge is 0.257 e. The van der Waals surface area contributed by atoms with E-state index in [-0.39, 0.29) is 17.6 Å². The highest BCUT2D eigenvalue weighted by atomic mass is 19.1. The van der Waals surface area contributed by atoms with Crippen molar-refractivity contribution >= 4 is 11.7 Å². The summed E-state index contributed by atoms with van der Waals surface area (Å²) in [5, 5.41) is 4.67. The minimum atomic E-state index is -0.293. The second kappa shape index (κ2) is 11.0. The minimum absolute atomic E-state index is 0.0344. The van der Waals surface area contributed by atoms with Gasteiger partial charge in [0.1, 0.15) is 11.6 Å². The van der Waals surface area contributed by atoms with Gasteiger partial charge in [-0.05, 0) is 73.8 Å². The van der Waals surface area contributed by atoms with E-state index in [2.05, 4.69) is 39.2 Å². The van der Waals surface area contributed by atoms with E-state index >= 15 is 0 Å². The number of nitrogens with zero attached hydrogens (tertiary/aromatic N) is 5. The number of rotatable bonds is 6. The molecule has 2 N–H and O–H groups in total. The van der Waals surface area contributed by atoms with Crippen molar-refractivity contribution in [3.05, 3.63) is 107 Å². The topological polar surface area (TPSA) is 80.3 Å². The Bertz CT molecular complexity index is 1410. The van der Waals surface area contributed by atoms with Gasteiger partial charge in [0.15, 0.2) is 0 Å². The third-order valence-corrected chi connectivity index (χ3v) is 8.08. The number of carbonyl (C=O) groups is 1. The Hall–Kier alpha value is -4.04. The summed E-state index contributed by atoms with van der Waals surface area (Å²) in [6, 6.07) is 20.6. The summed E-state index contributed by atoms with van der Waals surface area (Å²) in [7, 11) is 0. The SMILES string of the molecule is Nc1ccc(CN2CCC(c3c(C(=O)N4CC[C@H](c5ccccc5)C4)cnn3-c3ccc(F)cc3)CC2)cn1. The van der Waals surface area contributed by atoms with E-state index in [1.165, 1.54) is 17.7 Å². The monoisotopic (exact) mass is 524 g/mol. The highest BCUT2D eigenvalue weighted by Gasteiger charge is 2.34. The molecule has 2 aliphatic heterocycles. The van der Waals surface area contributed by atoms with Crippen molar-refractivity contribution in [1.82, 2.24) is 24.6 Å². The van der Waals surface area contributed by atoms with Gasteiger partial charge in [-0.1, -0.05) is 36.4 Å². The molecular formula is C31H33FN6O. The number of piperidine rings is 1. The molecule has 6 rings (SSSR count). The summed E-state index contributed by atoms with van der Waals surface area (Å²) >= 11 is 0. The molecule has 7 nitrogen and oxygen atoms in total. The van der Waals surface area contributed by atoms with Crippen molar-refractivity contribution in [3.8, 4) is 5.69 Å².